The first-order valence-corrected chi connectivity index (χ1v) is 8.91. The first kappa shape index (κ1) is 16.0. The van der Waals surface area contributed by atoms with Gasteiger partial charge in [-0.05, 0) is 46.3 Å². The van der Waals surface area contributed by atoms with Crippen LogP contribution in [-0.2, 0) is 9.84 Å². The molecule has 0 aliphatic heterocycles. The summed E-state index contributed by atoms with van der Waals surface area (Å²) in [5.41, 5.74) is 0.679. The highest BCUT2D eigenvalue weighted by atomic mass is 79.9. The zero-order valence-electron chi connectivity index (χ0n) is 10.9. The number of carbonyl (C=O) groups is 1. The normalized spacial score (nSPS) is 11.2. The highest BCUT2D eigenvalue weighted by Gasteiger charge is 2.16. The molecule has 1 N–H and O–H groups in total. The molecule has 2 rings (SSSR count). The van der Waals surface area contributed by atoms with E-state index in [4.69, 9.17) is 11.6 Å². The fourth-order valence-corrected chi connectivity index (χ4v) is 2.90. The minimum Gasteiger partial charge on any atom is -0.321 e. The van der Waals surface area contributed by atoms with Crippen LogP contribution in [0.1, 0.15) is 10.4 Å². The van der Waals surface area contributed by atoms with E-state index in [1.807, 2.05) is 6.07 Å². The maximum Gasteiger partial charge on any atom is 0.257 e. The summed E-state index contributed by atoms with van der Waals surface area (Å²) in [6, 6.07) is 11.1. The molecule has 110 valence electrons. The Bertz CT molecular complexity index is 806. The molecule has 0 fully saturated rings. The van der Waals surface area contributed by atoms with E-state index in [1.165, 1.54) is 18.2 Å². The lowest BCUT2D eigenvalue weighted by Crippen LogP contribution is -2.13. The summed E-state index contributed by atoms with van der Waals surface area (Å²) in [7, 11) is -3.40. The van der Waals surface area contributed by atoms with Crippen LogP contribution in [0.25, 0.3) is 0 Å². The first-order chi connectivity index (χ1) is 9.79. The zero-order chi connectivity index (χ0) is 15.6. The van der Waals surface area contributed by atoms with E-state index >= 15 is 0 Å². The van der Waals surface area contributed by atoms with Crippen LogP contribution in [0.2, 0.25) is 5.02 Å². The Morgan fingerprint density at radius 1 is 1.19 bits per heavy atom. The van der Waals surface area contributed by atoms with E-state index in [2.05, 4.69) is 21.2 Å². The van der Waals surface area contributed by atoms with Crippen molar-refractivity contribution >= 4 is 49.0 Å². The predicted octanol–water partition coefficient (Wildman–Crippen LogP) is 3.76. The van der Waals surface area contributed by atoms with Crippen molar-refractivity contribution in [3.05, 3.63) is 57.5 Å². The molecule has 0 radical (unpaired) electrons. The van der Waals surface area contributed by atoms with Gasteiger partial charge in [-0.25, -0.2) is 8.42 Å². The summed E-state index contributed by atoms with van der Waals surface area (Å²) in [4.78, 5) is 12.3. The van der Waals surface area contributed by atoms with Crippen molar-refractivity contribution in [3.63, 3.8) is 0 Å². The summed E-state index contributed by atoms with van der Waals surface area (Å²) in [5, 5.41) is 2.87. The Morgan fingerprint density at radius 2 is 1.86 bits per heavy atom. The highest BCUT2D eigenvalue weighted by molar-refractivity contribution is 9.10. The van der Waals surface area contributed by atoms with Crippen LogP contribution in [0.4, 0.5) is 5.69 Å². The molecular weight excluding hydrogens is 378 g/mol. The Labute approximate surface area is 136 Å². The molecule has 0 unspecified atom stereocenters. The van der Waals surface area contributed by atoms with Crippen molar-refractivity contribution in [1.82, 2.24) is 0 Å². The molecule has 4 nitrogen and oxygen atoms in total. The minimum atomic E-state index is -3.40. The molecular formula is C14H11BrClNO3S. The third kappa shape index (κ3) is 3.84. The summed E-state index contributed by atoms with van der Waals surface area (Å²) in [5.74, 6) is -0.475. The second-order valence-corrected chi connectivity index (χ2v) is 7.63. The van der Waals surface area contributed by atoms with Crippen LogP contribution in [0, 0.1) is 0 Å². The second-order valence-electron chi connectivity index (χ2n) is 4.35. The van der Waals surface area contributed by atoms with Gasteiger partial charge in [0.15, 0.2) is 9.84 Å². The summed E-state index contributed by atoms with van der Waals surface area (Å²) in [6.07, 6.45) is 1.08. The number of sulfone groups is 1. The Morgan fingerprint density at radius 3 is 2.48 bits per heavy atom. The quantitative estimate of drug-likeness (QED) is 0.871. The van der Waals surface area contributed by atoms with Crippen molar-refractivity contribution in [1.29, 1.82) is 0 Å². The maximum absolute atomic E-state index is 12.3. The average molecular weight is 389 g/mol. The topological polar surface area (TPSA) is 63.2 Å². The zero-order valence-corrected chi connectivity index (χ0v) is 14.1. The van der Waals surface area contributed by atoms with Crippen LogP contribution >= 0.6 is 27.5 Å². The number of anilines is 1. The molecule has 1 amide bonds. The van der Waals surface area contributed by atoms with E-state index in [9.17, 15) is 13.2 Å². The van der Waals surface area contributed by atoms with Crippen molar-refractivity contribution < 1.29 is 13.2 Å². The molecule has 21 heavy (non-hydrogen) atoms. The van der Waals surface area contributed by atoms with Crippen LogP contribution < -0.4 is 5.32 Å². The van der Waals surface area contributed by atoms with Gasteiger partial charge in [-0.2, -0.15) is 0 Å². The standard InChI is InChI=1S/C14H11BrClNO3S/c1-21(19,20)9-6-7-12(16)10(8-9)14(18)17-13-5-3-2-4-11(13)15/h2-8H,1H3,(H,17,18). The van der Waals surface area contributed by atoms with Crippen LogP contribution in [-0.4, -0.2) is 20.6 Å². The van der Waals surface area contributed by atoms with Gasteiger partial charge < -0.3 is 5.32 Å². The molecule has 0 heterocycles. The summed E-state index contributed by atoms with van der Waals surface area (Å²) >= 11 is 9.30. The number of hydrogen-bond donors (Lipinski definition) is 1. The first-order valence-electron chi connectivity index (χ1n) is 5.84. The lowest BCUT2D eigenvalue weighted by Gasteiger charge is -2.09. The lowest BCUT2D eigenvalue weighted by molar-refractivity contribution is 0.102. The van der Waals surface area contributed by atoms with Gasteiger partial charge in [0.25, 0.3) is 5.91 Å². The molecule has 0 saturated heterocycles. The molecule has 2 aromatic carbocycles. The van der Waals surface area contributed by atoms with Crippen molar-refractivity contribution in [2.24, 2.45) is 0 Å². The molecule has 2 aromatic rings. The molecule has 0 aliphatic carbocycles. The van der Waals surface area contributed by atoms with Gasteiger partial charge >= 0.3 is 0 Å². The second kappa shape index (κ2) is 6.17. The molecule has 0 saturated carbocycles. The fourth-order valence-electron chi connectivity index (χ4n) is 1.66. The number of hydrogen-bond acceptors (Lipinski definition) is 3. The van der Waals surface area contributed by atoms with Crippen molar-refractivity contribution in [2.75, 3.05) is 11.6 Å². The Kier molecular flexibility index (Phi) is 4.70. The molecule has 7 heteroatoms. The van der Waals surface area contributed by atoms with E-state index < -0.39 is 15.7 Å². The number of halogens is 2. The predicted molar refractivity (Wildman–Crippen MR) is 86.7 cm³/mol. The SMILES string of the molecule is CS(=O)(=O)c1ccc(Cl)c(C(=O)Nc2ccccc2Br)c1. The van der Waals surface area contributed by atoms with Gasteiger partial charge in [0.05, 0.1) is 21.2 Å². The average Bonchev–Trinajstić information content (AvgIpc) is 2.40. The number of benzene rings is 2. The lowest BCUT2D eigenvalue weighted by atomic mass is 10.2. The third-order valence-electron chi connectivity index (χ3n) is 2.73. The Hall–Kier alpha value is -1.37. The number of amides is 1. The monoisotopic (exact) mass is 387 g/mol. The fraction of sp³-hybridized carbons (Fsp3) is 0.0714. The summed E-state index contributed by atoms with van der Waals surface area (Å²) in [6.45, 7) is 0. The number of para-hydroxylation sites is 1. The van der Waals surface area contributed by atoms with Crippen molar-refractivity contribution in [3.8, 4) is 0 Å². The van der Waals surface area contributed by atoms with Crippen LogP contribution in [0.15, 0.2) is 51.8 Å². The van der Waals surface area contributed by atoms with Crippen molar-refractivity contribution in [2.45, 2.75) is 4.90 Å². The van der Waals surface area contributed by atoms with Crippen LogP contribution in [0.3, 0.4) is 0 Å². The van der Waals surface area contributed by atoms with E-state index in [0.717, 1.165) is 6.26 Å². The summed E-state index contributed by atoms with van der Waals surface area (Å²) < 4.78 is 23.8. The largest absolute Gasteiger partial charge is 0.321 e. The highest BCUT2D eigenvalue weighted by Crippen LogP contribution is 2.25. The van der Waals surface area contributed by atoms with Gasteiger partial charge in [0, 0.05) is 10.7 Å². The van der Waals surface area contributed by atoms with Gasteiger partial charge in [-0.3, -0.25) is 4.79 Å². The smallest absolute Gasteiger partial charge is 0.257 e. The van der Waals surface area contributed by atoms with Gasteiger partial charge in [0.2, 0.25) is 0 Å². The van der Waals surface area contributed by atoms with E-state index in [-0.39, 0.29) is 15.5 Å². The minimum absolute atomic E-state index is 0.0455. The number of rotatable bonds is 3. The number of carbonyl (C=O) groups excluding carboxylic acids is 1. The molecule has 0 atom stereocenters. The molecule has 0 spiro atoms. The van der Waals surface area contributed by atoms with Gasteiger partial charge in [-0.15, -0.1) is 0 Å². The van der Waals surface area contributed by atoms with E-state index in [1.54, 1.807) is 18.2 Å². The molecule has 0 aromatic heterocycles. The van der Waals surface area contributed by atoms with Gasteiger partial charge in [0.1, 0.15) is 0 Å². The van der Waals surface area contributed by atoms with Gasteiger partial charge in [-0.1, -0.05) is 23.7 Å². The number of nitrogens with one attached hydrogen (secondary N) is 1. The molecule has 0 aliphatic rings. The maximum atomic E-state index is 12.3. The molecule has 0 bridgehead atoms. The van der Waals surface area contributed by atoms with Crippen LogP contribution in [0.5, 0.6) is 0 Å². The third-order valence-corrected chi connectivity index (χ3v) is 4.86. The Balaban J connectivity index is 2.38. The van der Waals surface area contributed by atoms with E-state index in [0.29, 0.717) is 10.2 Å².